The van der Waals surface area contributed by atoms with Gasteiger partial charge in [0.25, 0.3) is 0 Å². The number of nitrogens with one attached hydrogen (secondary N) is 1. The van der Waals surface area contributed by atoms with Crippen LogP contribution in [0.2, 0.25) is 0 Å². The number of benzene rings is 1. The van der Waals surface area contributed by atoms with E-state index in [4.69, 9.17) is 9.47 Å². The molecular formula is C17H26FNO2. The van der Waals surface area contributed by atoms with Gasteiger partial charge < -0.3 is 14.8 Å². The number of hydrogen-bond donors (Lipinski definition) is 1. The summed E-state index contributed by atoms with van der Waals surface area (Å²) in [5.41, 5.74) is 0.608. The van der Waals surface area contributed by atoms with Gasteiger partial charge >= 0.3 is 0 Å². The molecule has 0 amide bonds. The van der Waals surface area contributed by atoms with Crippen LogP contribution in [0.4, 0.5) is 4.39 Å². The summed E-state index contributed by atoms with van der Waals surface area (Å²) in [4.78, 5) is 0. The maximum Gasteiger partial charge on any atom is 0.128 e. The Kier molecular flexibility index (Phi) is 6.61. The first kappa shape index (κ1) is 16.4. The molecule has 21 heavy (non-hydrogen) atoms. The molecule has 1 aliphatic rings. The summed E-state index contributed by atoms with van der Waals surface area (Å²) in [6.45, 7) is 6.30. The third-order valence-electron chi connectivity index (χ3n) is 3.83. The van der Waals surface area contributed by atoms with E-state index in [1.807, 2.05) is 6.07 Å². The van der Waals surface area contributed by atoms with Crippen molar-refractivity contribution in [3.63, 3.8) is 0 Å². The predicted molar refractivity (Wildman–Crippen MR) is 81.7 cm³/mol. The van der Waals surface area contributed by atoms with E-state index < -0.39 is 0 Å². The molecule has 0 spiro atoms. The Labute approximate surface area is 126 Å². The van der Waals surface area contributed by atoms with E-state index in [0.29, 0.717) is 18.2 Å². The van der Waals surface area contributed by atoms with Crippen molar-refractivity contribution >= 4 is 0 Å². The number of ether oxygens (including phenoxy) is 2. The van der Waals surface area contributed by atoms with Gasteiger partial charge in [-0.15, -0.1) is 0 Å². The van der Waals surface area contributed by atoms with Gasteiger partial charge in [0.15, 0.2) is 0 Å². The number of hydrogen-bond acceptors (Lipinski definition) is 3. The Balaban J connectivity index is 1.83. The molecule has 0 saturated heterocycles. The number of rotatable bonds is 9. The molecule has 1 N–H and O–H groups in total. The molecule has 0 radical (unpaired) electrons. The minimum absolute atomic E-state index is 0.0607. The normalized spacial score (nSPS) is 24.8. The molecule has 118 valence electrons. The lowest BCUT2D eigenvalue weighted by Crippen LogP contribution is -2.60. The fourth-order valence-corrected chi connectivity index (χ4v) is 2.56. The van der Waals surface area contributed by atoms with Crippen LogP contribution in [0.25, 0.3) is 0 Å². The van der Waals surface area contributed by atoms with E-state index in [0.717, 1.165) is 32.4 Å². The zero-order chi connectivity index (χ0) is 15.1. The van der Waals surface area contributed by atoms with Gasteiger partial charge in [0.1, 0.15) is 5.82 Å². The molecule has 0 aliphatic heterocycles. The molecule has 1 aromatic rings. The van der Waals surface area contributed by atoms with E-state index in [1.165, 1.54) is 6.07 Å². The van der Waals surface area contributed by atoms with Crippen LogP contribution in [0.5, 0.6) is 0 Å². The smallest absolute Gasteiger partial charge is 0.128 e. The van der Waals surface area contributed by atoms with Crippen LogP contribution < -0.4 is 5.32 Å². The van der Waals surface area contributed by atoms with Gasteiger partial charge in [-0.25, -0.2) is 4.39 Å². The first-order valence-electron chi connectivity index (χ1n) is 7.96. The van der Waals surface area contributed by atoms with Gasteiger partial charge in [-0.2, -0.15) is 0 Å². The Bertz CT molecular complexity index is 427. The van der Waals surface area contributed by atoms with Crippen molar-refractivity contribution in [2.45, 2.75) is 58.0 Å². The molecule has 3 unspecified atom stereocenters. The van der Waals surface area contributed by atoms with Crippen molar-refractivity contribution in [2.75, 3.05) is 13.2 Å². The molecule has 0 bridgehead atoms. The molecule has 2 rings (SSSR count). The molecule has 3 nitrogen and oxygen atoms in total. The Hall–Kier alpha value is -0.970. The van der Waals surface area contributed by atoms with Crippen molar-refractivity contribution in [1.82, 2.24) is 5.32 Å². The quantitative estimate of drug-likeness (QED) is 0.758. The summed E-state index contributed by atoms with van der Waals surface area (Å²) < 4.78 is 25.3. The SMILES string of the molecule is CCCNC1CC(OCc2ccccc2F)C1OCCC. The second kappa shape index (κ2) is 8.47. The summed E-state index contributed by atoms with van der Waals surface area (Å²) in [7, 11) is 0. The Morgan fingerprint density at radius 3 is 2.71 bits per heavy atom. The highest BCUT2D eigenvalue weighted by atomic mass is 19.1. The molecule has 0 aromatic heterocycles. The van der Waals surface area contributed by atoms with Crippen LogP contribution in [0, 0.1) is 5.82 Å². The molecule has 1 aromatic carbocycles. The van der Waals surface area contributed by atoms with Crippen molar-refractivity contribution in [1.29, 1.82) is 0 Å². The van der Waals surface area contributed by atoms with Crippen molar-refractivity contribution < 1.29 is 13.9 Å². The van der Waals surface area contributed by atoms with Crippen LogP contribution in [0.3, 0.4) is 0 Å². The second-order valence-corrected chi connectivity index (χ2v) is 5.57. The van der Waals surface area contributed by atoms with E-state index in [-0.39, 0.29) is 18.0 Å². The van der Waals surface area contributed by atoms with E-state index in [9.17, 15) is 4.39 Å². The van der Waals surface area contributed by atoms with Crippen molar-refractivity contribution in [2.24, 2.45) is 0 Å². The second-order valence-electron chi connectivity index (χ2n) is 5.57. The van der Waals surface area contributed by atoms with E-state index in [2.05, 4.69) is 19.2 Å². The maximum absolute atomic E-state index is 13.6. The zero-order valence-corrected chi connectivity index (χ0v) is 13.0. The highest BCUT2D eigenvalue weighted by Gasteiger charge is 2.42. The highest BCUT2D eigenvalue weighted by Crippen LogP contribution is 2.28. The number of halogens is 1. The van der Waals surface area contributed by atoms with Gasteiger partial charge in [-0.3, -0.25) is 0 Å². The van der Waals surface area contributed by atoms with Crippen LogP contribution in [0.15, 0.2) is 24.3 Å². The van der Waals surface area contributed by atoms with E-state index in [1.54, 1.807) is 12.1 Å². The molecule has 3 atom stereocenters. The summed E-state index contributed by atoms with van der Waals surface area (Å²) in [6, 6.07) is 7.13. The van der Waals surface area contributed by atoms with Gasteiger partial charge in [0, 0.05) is 18.2 Å². The van der Waals surface area contributed by atoms with Crippen LogP contribution >= 0.6 is 0 Å². The van der Waals surface area contributed by atoms with Crippen molar-refractivity contribution in [3.8, 4) is 0 Å². The van der Waals surface area contributed by atoms with E-state index >= 15 is 0 Å². The molecule has 4 heteroatoms. The fourth-order valence-electron chi connectivity index (χ4n) is 2.56. The summed E-state index contributed by atoms with van der Waals surface area (Å²) in [5, 5.41) is 3.49. The average molecular weight is 295 g/mol. The maximum atomic E-state index is 13.6. The van der Waals surface area contributed by atoms with Crippen LogP contribution in [-0.2, 0) is 16.1 Å². The molecule has 1 saturated carbocycles. The molecule has 1 fully saturated rings. The Morgan fingerprint density at radius 2 is 2.00 bits per heavy atom. The monoisotopic (exact) mass is 295 g/mol. The van der Waals surface area contributed by atoms with Gasteiger partial charge in [0.2, 0.25) is 0 Å². The minimum atomic E-state index is -0.205. The summed E-state index contributed by atoms with van der Waals surface area (Å²) in [5.74, 6) is -0.205. The largest absolute Gasteiger partial charge is 0.374 e. The van der Waals surface area contributed by atoms with Crippen LogP contribution in [0.1, 0.15) is 38.7 Å². The molecule has 0 heterocycles. The average Bonchev–Trinajstić information content (AvgIpc) is 2.48. The molecule has 1 aliphatic carbocycles. The van der Waals surface area contributed by atoms with Gasteiger partial charge in [-0.1, -0.05) is 32.0 Å². The van der Waals surface area contributed by atoms with Gasteiger partial charge in [-0.05, 0) is 31.9 Å². The lowest BCUT2D eigenvalue weighted by Gasteiger charge is -2.44. The van der Waals surface area contributed by atoms with Gasteiger partial charge in [0.05, 0.1) is 18.8 Å². The first-order valence-corrected chi connectivity index (χ1v) is 7.96. The van der Waals surface area contributed by atoms with Crippen LogP contribution in [-0.4, -0.2) is 31.4 Å². The Morgan fingerprint density at radius 1 is 1.19 bits per heavy atom. The zero-order valence-electron chi connectivity index (χ0n) is 13.0. The standard InChI is InChI=1S/C17H26FNO2/c1-3-9-19-15-11-16(17(15)20-10-4-2)21-12-13-7-5-6-8-14(13)18/h5-8,15-17,19H,3-4,9-12H2,1-2H3. The van der Waals surface area contributed by atoms with Crippen molar-refractivity contribution in [3.05, 3.63) is 35.6 Å². The lowest BCUT2D eigenvalue weighted by atomic mass is 9.85. The predicted octanol–water partition coefficient (Wildman–Crippen LogP) is 3.28. The highest BCUT2D eigenvalue weighted by molar-refractivity contribution is 5.16. The summed E-state index contributed by atoms with van der Waals surface area (Å²) in [6.07, 6.45) is 3.19. The summed E-state index contributed by atoms with van der Waals surface area (Å²) >= 11 is 0. The lowest BCUT2D eigenvalue weighted by molar-refractivity contribution is -0.152. The minimum Gasteiger partial charge on any atom is -0.374 e. The third kappa shape index (κ3) is 4.50. The molecular weight excluding hydrogens is 269 g/mol. The topological polar surface area (TPSA) is 30.5 Å². The third-order valence-corrected chi connectivity index (χ3v) is 3.83. The first-order chi connectivity index (χ1) is 10.3. The fraction of sp³-hybridized carbons (Fsp3) is 0.647.